The van der Waals surface area contributed by atoms with E-state index in [2.05, 4.69) is 11.9 Å². The fraction of sp³-hybridized carbons (Fsp3) is 0.714. The molecule has 1 aliphatic rings. The summed E-state index contributed by atoms with van der Waals surface area (Å²) in [6.45, 7) is 2.67. The fourth-order valence-electron chi connectivity index (χ4n) is 2.60. The molecule has 0 N–H and O–H groups in total. The van der Waals surface area contributed by atoms with Gasteiger partial charge in [-0.1, -0.05) is 6.92 Å². The number of amides is 1. The van der Waals surface area contributed by atoms with Crippen LogP contribution in [0.2, 0.25) is 0 Å². The van der Waals surface area contributed by atoms with Gasteiger partial charge in [0.15, 0.2) is 0 Å². The van der Waals surface area contributed by atoms with E-state index in [4.69, 9.17) is 4.74 Å². The van der Waals surface area contributed by atoms with Gasteiger partial charge in [-0.15, -0.1) is 11.3 Å². The molecule has 112 valence electrons. The van der Waals surface area contributed by atoms with E-state index >= 15 is 0 Å². The number of thioether (sulfide) groups is 1. The molecule has 0 spiro atoms. The Kier molecular flexibility index (Phi) is 5.86. The number of methoxy groups -OCH3 is 1. The van der Waals surface area contributed by atoms with Gasteiger partial charge >= 0.3 is 0 Å². The molecule has 20 heavy (non-hydrogen) atoms. The number of rotatable bonds is 6. The lowest BCUT2D eigenvalue weighted by atomic mass is 10.2. The fourth-order valence-corrected chi connectivity index (χ4v) is 4.47. The summed E-state index contributed by atoms with van der Waals surface area (Å²) in [6, 6.07) is 0.360. The van der Waals surface area contributed by atoms with Gasteiger partial charge in [0.1, 0.15) is 10.7 Å². The molecule has 0 bridgehead atoms. The van der Waals surface area contributed by atoms with Gasteiger partial charge in [-0.3, -0.25) is 4.79 Å². The van der Waals surface area contributed by atoms with E-state index < -0.39 is 0 Å². The molecule has 1 amide bonds. The summed E-state index contributed by atoms with van der Waals surface area (Å²) in [4.78, 5) is 18.7. The average Bonchev–Trinajstić information content (AvgIpc) is 3.07. The molecule has 4 nitrogen and oxygen atoms in total. The highest BCUT2D eigenvalue weighted by Crippen LogP contribution is 2.32. The Morgan fingerprint density at radius 3 is 3.10 bits per heavy atom. The third kappa shape index (κ3) is 3.74. The van der Waals surface area contributed by atoms with Crippen molar-refractivity contribution >= 4 is 29.0 Å². The Morgan fingerprint density at radius 2 is 2.40 bits per heavy atom. The van der Waals surface area contributed by atoms with Crippen LogP contribution in [0.3, 0.4) is 0 Å². The predicted molar refractivity (Wildman–Crippen MR) is 84.5 cm³/mol. The zero-order valence-corrected chi connectivity index (χ0v) is 13.9. The van der Waals surface area contributed by atoms with Crippen LogP contribution in [0.4, 0.5) is 0 Å². The molecule has 0 unspecified atom stereocenters. The van der Waals surface area contributed by atoms with Crippen molar-refractivity contribution in [3.05, 3.63) is 16.1 Å². The van der Waals surface area contributed by atoms with Crippen molar-refractivity contribution in [1.82, 2.24) is 9.88 Å². The van der Waals surface area contributed by atoms with Gasteiger partial charge in [0.05, 0.1) is 6.61 Å². The highest BCUT2D eigenvalue weighted by Gasteiger charge is 2.30. The van der Waals surface area contributed by atoms with Gasteiger partial charge < -0.3 is 9.64 Å². The van der Waals surface area contributed by atoms with Crippen molar-refractivity contribution in [2.24, 2.45) is 0 Å². The van der Waals surface area contributed by atoms with E-state index in [0.717, 1.165) is 23.6 Å². The first-order valence-electron chi connectivity index (χ1n) is 6.97. The third-order valence-electron chi connectivity index (χ3n) is 3.67. The van der Waals surface area contributed by atoms with Crippen LogP contribution in [0.5, 0.6) is 0 Å². The molecule has 1 fully saturated rings. The molecule has 1 heterocycles. The van der Waals surface area contributed by atoms with Crippen LogP contribution >= 0.6 is 23.1 Å². The maximum atomic E-state index is 12.4. The van der Waals surface area contributed by atoms with Crippen LogP contribution in [-0.4, -0.2) is 47.0 Å². The number of hydrogen-bond acceptors (Lipinski definition) is 5. The van der Waals surface area contributed by atoms with Crippen molar-refractivity contribution < 1.29 is 9.53 Å². The Bertz CT molecular complexity index is 450. The van der Waals surface area contributed by atoms with Crippen molar-refractivity contribution in [2.45, 2.75) is 44.1 Å². The molecule has 1 saturated carbocycles. The van der Waals surface area contributed by atoms with E-state index in [1.807, 2.05) is 29.1 Å². The highest BCUT2D eigenvalue weighted by atomic mass is 32.2. The van der Waals surface area contributed by atoms with Gasteiger partial charge in [0.25, 0.3) is 5.91 Å². The second-order valence-corrected chi connectivity index (χ2v) is 7.54. The molecule has 0 saturated heterocycles. The Balaban J connectivity index is 1.94. The van der Waals surface area contributed by atoms with E-state index in [9.17, 15) is 4.79 Å². The van der Waals surface area contributed by atoms with Crippen LogP contribution in [0.25, 0.3) is 0 Å². The summed E-state index contributed by atoms with van der Waals surface area (Å²) < 4.78 is 5.04. The predicted octanol–water partition coefficient (Wildman–Crippen LogP) is 3.04. The second kappa shape index (κ2) is 7.43. The third-order valence-corrected chi connectivity index (χ3v) is 5.72. The molecule has 0 aliphatic heterocycles. The van der Waals surface area contributed by atoms with Crippen molar-refractivity contribution in [1.29, 1.82) is 0 Å². The van der Waals surface area contributed by atoms with Crippen molar-refractivity contribution in [2.75, 3.05) is 19.9 Å². The topological polar surface area (TPSA) is 42.4 Å². The van der Waals surface area contributed by atoms with Gasteiger partial charge in [0, 0.05) is 30.8 Å². The minimum absolute atomic E-state index is 0.0377. The second-order valence-electron chi connectivity index (χ2n) is 5.02. The minimum atomic E-state index is 0.0377. The summed E-state index contributed by atoms with van der Waals surface area (Å²) in [6.07, 6.45) is 3.43. The van der Waals surface area contributed by atoms with Gasteiger partial charge in [0.2, 0.25) is 0 Å². The Hall–Kier alpha value is -0.590. The van der Waals surface area contributed by atoms with E-state index in [0.29, 0.717) is 23.6 Å². The maximum Gasteiger partial charge on any atom is 0.273 e. The molecule has 1 aromatic heterocycles. The van der Waals surface area contributed by atoms with Crippen LogP contribution in [0.15, 0.2) is 5.38 Å². The first-order valence-corrected chi connectivity index (χ1v) is 8.90. The summed E-state index contributed by atoms with van der Waals surface area (Å²) >= 11 is 3.49. The molecule has 0 aromatic carbocycles. The molecule has 2 rings (SSSR count). The number of thiazole rings is 1. The standard InChI is InChI=1S/C14H22N2O2S2/c1-4-19-11-6-5-10(7-11)16(2)14(17)12-9-20-13(15-12)8-18-3/h9-11H,4-8H2,1-3H3/t10-,11+/m1/s1. The molecule has 2 atom stereocenters. The Morgan fingerprint density at radius 1 is 1.60 bits per heavy atom. The zero-order chi connectivity index (χ0) is 14.5. The van der Waals surface area contributed by atoms with Gasteiger partial charge in [-0.05, 0) is 25.0 Å². The van der Waals surface area contributed by atoms with E-state index in [1.54, 1.807) is 7.11 Å². The van der Waals surface area contributed by atoms with Crippen LogP contribution in [-0.2, 0) is 11.3 Å². The van der Waals surface area contributed by atoms with Crippen molar-refractivity contribution in [3.63, 3.8) is 0 Å². The molecule has 1 aliphatic carbocycles. The normalized spacial score (nSPS) is 22.1. The molecular formula is C14H22N2O2S2. The lowest BCUT2D eigenvalue weighted by molar-refractivity contribution is 0.0729. The lowest BCUT2D eigenvalue weighted by Gasteiger charge is -2.23. The quantitative estimate of drug-likeness (QED) is 0.809. The van der Waals surface area contributed by atoms with Gasteiger partial charge in [-0.2, -0.15) is 11.8 Å². The van der Waals surface area contributed by atoms with Crippen LogP contribution in [0, 0.1) is 0 Å². The zero-order valence-electron chi connectivity index (χ0n) is 12.3. The summed E-state index contributed by atoms with van der Waals surface area (Å²) in [5, 5.41) is 3.40. The largest absolute Gasteiger partial charge is 0.378 e. The first-order chi connectivity index (χ1) is 9.65. The maximum absolute atomic E-state index is 12.4. The minimum Gasteiger partial charge on any atom is -0.378 e. The van der Waals surface area contributed by atoms with Crippen LogP contribution < -0.4 is 0 Å². The van der Waals surface area contributed by atoms with Gasteiger partial charge in [-0.25, -0.2) is 4.98 Å². The van der Waals surface area contributed by atoms with E-state index in [-0.39, 0.29) is 5.91 Å². The average molecular weight is 314 g/mol. The smallest absolute Gasteiger partial charge is 0.273 e. The summed E-state index contributed by atoms with van der Waals surface area (Å²) in [7, 11) is 3.54. The lowest BCUT2D eigenvalue weighted by Crippen LogP contribution is -2.35. The number of ether oxygens (including phenoxy) is 1. The van der Waals surface area contributed by atoms with Crippen molar-refractivity contribution in [3.8, 4) is 0 Å². The molecule has 1 aromatic rings. The van der Waals surface area contributed by atoms with Crippen LogP contribution in [0.1, 0.15) is 41.7 Å². The molecule has 6 heteroatoms. The molecule has 0 radical (unpaired) electrons. The monoisotopic (exact) mass is 314 g/mol. The number of aromatic nitrogens is 1. The molecular weight excluding hydrogens is 292 g/mol. The highest BCUT2D eigenvalue weighted by molar-refractivity contribution is 7.99. The summed E-state index contributed by atoms with van der Waals surface area (Å²) in [5.74, 6) is 1.19. The first kappa shape index (κ1) is 15.8. The number of hydrogen-bond donors (Lipinski definition) is 0. The Labute approximate surface area is 128 Å². The number of carbonyl (C=O) groups is 1. The van der Waals surface area contributed by atoms with E-state index in [1.165, 1.54) is 17.8 Å². The number of carbonyl (C=O) groups excluding carboxylic acids is 1. The summed E-state index contributed by atoms with van der Waals surface area (Å²) in [5.41, 5.74) is 0.552. The number of nitrogens with zero attached hydrogens (tertiary/aromatic N) is 2. The SMILES string of the molecule is CCS[C@H]1CC[C@@H](N(C)C(=O)c2csc(COC)n2)C1.